The maximum absolute atomic E-state index is 13.6. The number of benzene rings is 4. The number of likely N-dealkylation sites (N-methyl/N-ethyl adjacent to an activating group) is 1. The zero-order valence-electron chi connectivity index (χ0n) is 39.0. The number of phenols is 1. The number of thioether (sulfide) groups is 1. The zero-order valence-corrected chi connectivity index (χ0v) is 39.8. The third-order valence-corrected chi connectivity index (χ3v) is 14.7. The summed E-state index contributed by atoms with van der Waals surface area (Å²) in [5, 5.41) is 26.5. The minimum absolute atomic E-state index is 0.00863. The summed E-state index contributed by atoms with van der Waals surface area (Å²) in [4.78, 5) is 18.1. The molecule has 1 fully saturated rings. The van der Waals surface area contributed by atoms with Crippen molar-refractivity contribution in [1.82, 2.24) is 15.1 Å². The first-order chi connectivity index (χ1) is 31.8. The van der Waals surface area contributed by atoms with Gasteiger partial charge < -0.3 is 43.0 Å². The lowest BCUT2D eigenvalue weighted by Crippen LogP contribution is -2.68. The Morgan fingerprint density at radius 2 is 1.70 bits per heavy atom. The molecule has 6 atom stereocenters. The topological polar surface area (TPSA) is 153 Å². The number of nitriles is 1. The molecule has 2 unspecified atom stereocenters. The van der Waals surface area contributed by atoms with Crippen molar-refractivity contribution in [2.75, 3.05) is 66.2 Å². The zero-order chi connectivity index (χ0) is 46.4. The Hall–Kier alpha value is -5.21. The van der Waals surface area contributed by atoms with Crippen LogP contribution in [0.25, 0.3) is 11.1 Å². The van der Waals surface area contributed by atoms with E-state index in [4.69, 9.17) is 37.9 Å². The van der Waals surface area contributed by atoms with E-state index in [2.05, 4.69) is 82.8 Å². The number of aryl methyl sites for hydroxylation is 1. The summed E-state index contributed by atoms with van der Waals surface area (Å²) in [6, 6.07) is 19.8. The Morgan fingerprint density at radius 1 is 0.985 bits per heavy atom. The fourth-order valence-electron chi connectivity index (χ4n) is 10.9. The second-order valence-corrected chi connectivity index (χ2v) is 19.7. The number of nitrogens with zero attached hydrogens (tertiary/aromatic N) is 3. The fraction of sp³-hybridized carbons (Fsp3) is 0.490. The fourth-order valence-corrected chi connectivity index (χ4v) is 12.1. The van der Waals surface area contributed by atoms with Gasteiger partial charge in [-0.25, -0.2) is 4.79 Å². The number of aromatic hydroxyl groups is 1. The third-order valence-electron chi connectivity index (χ3n) is 13.6. The number of carbonyl (C=O) groups excluding carboxylic acids is 1. The minimum Gasteiger partial charge on any atom is -0.507 e. The summed E-state index contributed by atoms with van der Waals surface area (Å²) in [5.74, 6) is 3.66. The number of phenolic OH excluding ortho intramolecular Hbond substituents is 1. The van der Waals surface area contributed by atoms with E-state index >= 15 is 0 Å². The first-order valence-corrected chi connectivity index (χ1v) is 23.8. The highest BCUT2D eigenvalue weighted by atomic mass is 32.2. The van der Waals surface area contributed by atoms with Gasteiger partial charge in [0, 0.05) is 58.9 Å². The van der Waals surface area contributed by atoms with Gasteiger partial charge in [-0.3, -0.25) is 15.1 Å². The minimum atomic E-state index is -0.789. The molecule has 0 saturated carbocycles. The SMILES string of the molecule is COCCOCOc1c(OC)c(C)cc2c1[C@@H]1C3Cc4c(O)c(C)c5c(c4[C@H](COC(CSCC4c6ccccc6-c6ccccc64)NC(=O)OC(C)(C)C)N3[C@@H](C#N)[C@H](C2)N1C)OCO5. The Balaban J connectivity index is 1.08. The second-order valence-electron chi connectivity index (χ2n) is 18.6. The van der Waals surface area contributed by atoms with Crippen LogP contribution in [0.1, 0.15) is 83.3 Å². The molecule has 66 heavy (non-hydrogen) atoms. The number of ether oxygens (including phenoxy) is 8. The molecule has 350 valence electrons. The van der Waals surface area contributed by atoms with Crippen LogP contribution in [0, 0.1) is 25.2 Å². The number of rotatable bonds is 15. The van der Waals surface area contributed by atoms with Crippen molar-refractivity contribution in [3.63, 3.8) is 0 Å². The van der Waals surface area contributed by atoms with Gasteiger partial charge in [-0.1, -0.05) is 54.6 Å². The normalized spacial score (nSPS) is 22.0. The van der Waals surface area contributed by atoms with Gasteiger partial charge in [0.1, 0.15) is 23.6 Å². The highest BCUT2D eigenvalue weighted by Crippen LogP contribution is 2.58. The molecule has 14 nitrogen and oxygen atoms in total. The quantitative estimate of drug-likeness (QED) is 0.0877. The Morgan fingerprint density at radius 3 is 2.38 bits per heavy atom. The molecular formula is C51H60N4O10S. The van der Waals surface area contributed by atoms with Crippen LogP contribution in [0.2, 0.25) is 0 Å². The van der Waals surface area contributed by atoms with Crippen molar-refractivity contribution in [3.05, 3.63) is 99.1 Å². The predicted molar refractivity (Wildman–Crippen MR) is 250 cm³/mol. The summed E-state index contributed by atoms with van der Waals surface area (Å²) in [6.07, 6.45) is -0.432. The molecule has 9 rings (SSSR count). The van der Waals surface area contributed by atoms with E-state index in [0.29, 0.717) is 65.9 Å². The number of hydrogen-bond donors (Lipinski definition) is 2. The summed E-state index contributed by atoms with van der Waals surface area (Å²) < 4.78 is 48.5. The highest BCUT2D eigenvalue weighted by Gasteiger charge is 2.57. The lowest BCUT2D eigenvalue weighted by molar-refractivity contribution is -0.0981. The molecule has 5 aliphatic rings. The van der Waals surface area contributed by atoms with Gasteiger partial charge >= 0.3 is 6.09 Å². The second kappa shape index (κ2) is 18.8. The lowest BCUT2D eigenvalue weighted by atomic mass is 9.71. The number of methoxy groups -OCH3 is 2. The number of nitrogens with one attached hydrogen (secondary N) is 1. The van der Waals surface area contributed by atoms with E-state index in [-0.39, 0.29) is 50.0 Å². The van der Waals surface area contributed by atoms with E-state index in [9.17, 15) is 15.2 Å². The number of carbonyl (C=O) groups is 1. The average molecular weight is 921 g/mol. The van der Waals surface area contributed by atoms with Crippen LogP contribution in [-0.2, 0) is 31.8 Å². The number of amides is 1. The largest absolute Gasteiger partial charge is 0.507 e. The first kappa shape index (κ1) is 45.9. The third kappa shape index (κ3) is 8.30. The van der Waals surface area contributed by atoms with E-state index < -0.39 is 30.0 Å². The van der Waals surface area contributed by atoms with E-state index in [1.54, 1.807) is 26.0 Å². The van der Waals surface area contributed by atoms with Crippen LogP contribution in [0.15, 0.2) is 54.6 Å². The molecule has 4 aromatic carbocycles. The Labute approximate surface area is 391 Å². The molecule has 1 aliphatic carbocycles. The molecule has 4 heterocycles. The number of alkyl carbamates (subject to hydrolysis) is 1. The van der Waals surface area contributed by atoms with Gasteiger partial charge in [0.2, 0.25) is 6.79 Å². The van der Waals surface area contributed by atoms with Crippen molar-refractivity contribution in [3.8, 4) is 45.9 Å². The number of hydrogen-bond acceptors (Lipinski definition) is 14. The Kier molecular flexibility index (Phi) is 13.1. The predicted octanol–water partition coefficient (Wildman–Crippen LogP) is 7.93. The van der Waals surface area contributed by atoms with Crippen LogP contribution in [0.5, 0.6) is 28.7 Å². The van der Waals surface area contributed by atoms with Crippen molar-refractivity contribution in [2.24, 2.45) is 0 Å². The molecule has 2 N–H and O–H groups in total. The van der Waals surface area contributed by atoms with Crippen molar-refractivity contribution in [2.45, 2.75) is 95.4 Å². The van der Waals surface area contributed by atoms with Crippen molar-refractivity contribution < 1.29 is 47.8 Å². The molecule has 15 heteroatoms. The van der Waals surface area contributed by atoms with Crippen LogP contribution in [-0.4, -0.2) is 117 Å². The highest BCUT2D eigenvalue weighted by molar-refractivity contribution is 7.99. The van der Waals surface area contributed by atoms with Gasteiger partial charge in [-0.15, -0.1) is 0 Å². The molecule has 0 spiro atoms. The molecular weight excluding hydrogens is 861 g/mol. The maximum Gasteiger partial charge on any atom is 0.409 e. The summed E-state index contributed by atoms with van der Waals surface area (Å²) >= 11 is 1.70. The van der Waals surface area contributed by atoms with Crippen LogP contribution < -0.4 is 24.3 Å². The van der Waals surface area contributed by atoms with Gasteiger partial charge in [0.25, 0.3) is 0 Å². The summed E-state index contributed by atoms with van der Waals surface area (Å²) in [6.45, 7) is 10.1. The van der Waals surface area contributed by atoms with Crippen LogP contribution in [0.4, 0.5) is 4.79 Å². The van der Waals surface area contributed by atoms with Crippen molar-refractivity contribution in [1.29, 1.82) is 5.26 Å². The Bertz CT molecular complexity index is 2480. The molecule has 2 bridgehead atoms. The van der Waals surface area contributed by atoms with E-state index in [1.807, 2.05) is 34.6 Å². The van der Waals surface area contributed by atoms with Gasteiger partial charge in [-0.05, 0) is 87.9 Å². The van der Waals surface area contributed by atoms with Crippen molar-refractivity contribution >= 4 is 17.9 Å². The number of piperazine rings is 1. The van der Waals surface area contributed by atoms with Gasteiger partial charge in [0.05, 0.1) is 45.1 Å². The molecule has 1 amide bonds. The van der Waals surface area contributed by atoms with Gasteiger partial charge in [-0.2, -0.15) is 17.0 Å². The van der Waals surface area contributed by atoms with Gasteiger partial charge in [0.15, 0.2) is 29.8 Å². The lowest BCUT2D eigenvalue weighted by Gasteiger charge is -2.60. The molecule has 1 saturated heterocycles. The molecule has 4 aliphatic heterocycles. The standard InChI is InChI=1S/C51H60N4O10S/c1-28-19-30-20-37-39(22-52)55-38(44(54(37)6)42(30)48(46(28)59-8)62-26-60-18-17-58-7)21-35-43(49-47(63-27-64-49)29(2)45(35)56)40(55)23-61-41(53-50(57)65-51(3,4)5)25-66-24-36-33-15-11-9-13-31(33)32-14-10-12-16-34(32)36/h9-16,19,36-41,44,56H,17-18,20-21,23-27H2,1-8H3,(H,53,57)/t37-,38?,39-,40-,41?,44-/m0/s1. The first-order valence-electron chi connectivity index (χ1n) is 22.6. The average Bonchev–Trinajstić information content (AvgIpc) is 3.90. The maximum atomic E-state index is 13.6. The van der Waals surface area contributed by atoms with Crippen LogP contribution >= 0.6 is 11.8 Å². The smallest absolute Gasteiger partial charge is 0.409 e. The summed E-state index contributed by atoms with van der Waals surface area (Å²) in [7, 11) is 5.33. The molecule has 4 aromatic rings. The molecule has 0 aromatic heterocycles. The van der Waals surface area contributed by atoms with E-state index in [0.717, 1.165) is 28.0 Å². The van der Waals surface area contributed by atoms with Crippen LogP contribution in [0.3, 0.4) is 0 Å². The summed E-state index contributed by atoms with van der Waals surface area (Å²) in [5.41, 5.74) is 9.27. The van der Waals surface area contributed by atoms with E-state index in [1.165, 1.54) is 22.3 Å². The monoisotopic (exact) mass is 920 g/mol. The molecule has 0 radical (unpaired) electrons. The number of fused-ring (bicyclic) bond motifs is 12.